The van der Waals surface area contributed by atoms with Crippen LogP contribution in [0.4, 0.5) is 5.69 Å². The molecule has 0 atom stereocenters. The van der Waals surface area contributed by atoms with E-state index in [9.17, 15) is 8.42 Å². The van der Waals surface area contributed by atoms with Crippen molar-refractivity contribution in [3.05, 3.63) is 46.7 Å². The van der Waals surface area contributed by atoms with Crippen molar-refractivity contribution in [3.8, 4) is 0 Å². The number of hydrogen-bond donors (Lipinski definition) is 3. The van der Waals surface area contributed by atoms with Crippen molar-refractivity contribution in [3.63, 3.8) is 0 Å². The van der Waals surface area contributed by atoms with Crippen LogP contribution < -0.4 is 10.5 Å². The van der Waals surface area contributed by atoms with Gasteiger partial charge in [-0.2, -0.15) is 0 Å². The summed E-state index contributed by atoms with van der Waals surface area (Å²) in [5, 5.41) is 0.511. The van der Waals surface area contributed by atoms with Gasteiger partial charge in [-0.05, 0) is 30.7 Å². The fourth-order valence-corrected chi connectivity index (χ4v) is 2.81. The average molecular weight is 300 g/mol. The van der Waals surface area contributed by atoms with Gasteiger partial charge in [0.25, 0.3) is 10.0 Å². The molecule has 2 rings (SSSR count). The topological polar surface area (TPSA) is 88.0 Å². The lowest BCUT2D eigenvalue weighted by molar-refractivity contribution is 0.601. The number of hydrogen-bond acceptors (Lipinski definition) is 3. The van der Waals surface area contributed by atoms with Crippen LogP contribution in [0.3, 0.4) is 0 Å². The maximum Gasteiger partial charge on any atom is 0.263 e. The molecule has 2 aromatic rings. The first-order valence-electron chi connectivity index (χ1n) is 5.59. The molecule has 0 fully saturated rings. The number of H-pyrrole nitrogens is 1. The van der Waals surface area contributed by atoms with Gasteiger partial charge in [0.2, 0.25) is 0 Å². The zero-order chi connectivity index (χ0) is 14.0. The summed E-state index contributed by atoms with van der Waals surface area (Å²) in [5.74, 6) is 0. The van der Waals surface area contributed by atoms with Gasteiger partial charge in [-0.3, -0.25) is 4.72 Å². The highest BCUT2D eigenvalue weighted by atomic mass is 35.5. The number of nitrogens with two attached hydrogens (primary N) is 1. The average Bonchev–Trinajstić information content (AvgIpc) is 2.83. The zero-order valence-corrected chi connectivity index (χ0v) is 11.8. The summed E-state index contributed by atoms with van der Waals surface area (Å²) in [4.78, 5) is 2.94. The molecule has 0 unspecified atom stereocenters. The quantitative estimate of drug-likeness (QED) is 0.809. The highest BCUT2D eigenvalue weighted by Crippen LogP contribution is 2.22. The molecule has 1 heterocycles. The van der Waals surface area contributed by atoms with E-state index in [1.807, 2.05) is 6.92 Å². The van der Waals surface area contributed by atoms with Gasteiger partial charge in [0, 0.05) is 23.5 Å². The number of sulfonamides is 1. The lowest BCUT2D eigenvalue weighted by atomic mass is 10.2. The molecule has 0 bridgehead atoms. The molecule has 5 nitrogen and oxygen atoms in total. The van der Waals surface area contributed by atoms with E-state index in [1.54, 1.807) is 18.2 Å². The van der Waals surface area contributed by atoms with Crippen molar-refractivity contribution in [2.24, 2.45) is 5.73 Å². The van der Waals surface area contributed by atoms with Crippen molar-refractivity contribution in [2.75, 3.05) is 4.72 Å². The summed E-state index contributed by atoms with van der Waals surface area (Å²) in [6.45, 7) is 2.10. The Morgan fingerprint density at radius 1 is 1.37 bits per heavy atom. The Morgan fingerprint density at radius 2 is 2.11 bits per heavy atom. The zero-order valence-electron chi connectivity index (χ0n) is 10.3. The highest BCUT2D eigenvalue weighted by Gasteiger charge is 2.16. The third kappa shape index (κ3) is 3.09. The third-order valence-electron chi connectivity index (χ3n) is 2.67. The summed E-state index contributed by atoms with van der Waals surface area (Å²) in [5.41, 5.74) is 7.39. The lowest BCUT2D eigenvalue weighted by Crippen LogP contribution is -2.12. The molecule has 1 aromatic carbocycles. The van der Waals surface area contributed by atoms with E-state index in [0.717, 1.165) is 5.56 Å². The number of aryl methyl sites for hydroxylation is 1. The summed E-state index contributed by atoms with van der Waals surface area (Å²) in [6.07, 6.45) is 1.40. The Hall–Kier alpha value is -1.50. The van der Waals surface area contributed by atoms with E-state index >= 15 is 0 Å². The Kier molecular flexibility index (Phi) is 3.84. The SMILES string of the molecule is Cc1ccc(NS(=O)(=O)c2c[nH]c(CN)c2)cc1Cl. The second-order valence-electron chi connectivity index (χ2n) is 4.13. The van der Waals surface area contributed by atoms with Crippen molar-refractivity contribution in [1.82, 2.24) is 4.98 Å². The smallest absolute Gasteiger partial charge is 0.263 e. The molecule has 0 saturated carbocycles. The molecule has 4 N–H and O–H groups in total. The van der Waals surface area contributed by atoms with Gasteiger partial charge in [-0.15, -0.1) is 0 Å². The van der Waals surface area contributed by atoms with E-state index in [4.69, 9.17) is 17.3 Å². The van der Waals surface area contributed by atoms with Crippen LogP contribution in [0.5, 0.6) is 0 Å². The first-order chi connectivity index (χ1) is 8.92. The van der Waals surface area contributed by atoms with E-state index in [2.05, 4.69) is 9.71 Å². The van der Waals surface area contributed by atoms with E-state index in [-0.39, 0.29) is 11.4 Å². The van der Waals surface area contributed by atoms with Crippen LogP contribution >= 0.6 is 11.6 Å². The van der Waals surface area contributed by atoms with Crippen LogP contribution in [-0.4, -0.2) is 13.4 Å². The molecule has 0 saturated heterocycles. The molecule has 19 heavy (non-hydrogen) atoms. The number of aromatic nitrogens is 1. The van der Waals surface area contributed by atoms with Gasteiger partial charge in [-0.25, -0.2) is 8.42 Å². The molecule has 1 aromatic heterocycles. The standard InChI is InChI=1S/C12H14ClN3O2S/c1-8-2-3-9(5-12(8)13)16-19(17,18)11-4-10(6-14)15-7-11/h2-5,7,15-16H,6,14H2,1H3. The summed E-state index contributed by atoms with van der Waals surface area (Å²) < 4.78 is 26.7. The fraction of sp³-hybridized carbons (Fsp3) is 0.167. The van der Waals surface area contributed by atoms with E-state index < -0.39 is 10.0 Å². The Morgan fingerprint density at radius 3 is 2.68 bits per heavy atom. The van der Waals surface area contributed by atoms with Gasteiger partial charge >= 0.3 is 0 Å². The molecule has 0 aliphatic heterocycles. The first kappa shape index (κ1) is 13.9. The van der Waals surface area contributed by atoms with Crippen LogP contribution in [-0.2, 0) is 16.6 Å². The molecular weight excluding hydrogens is 286 g/mol. The molecular formula is C12H14ClN3O2S. The number of nitrogens with one attached hydrogen (secondary N) is 2. The number of aromatic amines is 1. The summed E-state index contributed by atoms with van der Waals surface area (Å²) in [6, 6.07) is 6.49. The second-order valence-corrected chi connectivity index (χ2v) is 6.22. The lowest BCUT2D eigenvalue weighted by Gasteiger charge is -2.07. The van der Waals surface area contributed by atoms with E-state index in [1.165, 1.54) is 12.3 Å². The van der Waals surface area contributed by atoms with Crippen molar-refractivity contribution < 1.29 is 8.42 Å². The highest BCUT2D eigenvalue weighted by molar-refractivity contribution is 7.92. The van der Waals surface area contributed by atoms with Crippen LogP contribution in [0.1, 0.15) is 11.3 Å². The molecule has 0 spiro atoms. The van der Waals surface area contributed by atoms with Crippen LogP contribution in [0.2, 0.25) is 5.02 Å². The van der Waals surface area contributed by atoms with Crippen LogP contribution in [0.15, 0.2) is 35.4 Å². The molecule has 0 radical (unpaired) electrons. The molecule has 0 aliphatic carbocycles. The maximum atomic E-state index is 12.1. The fourth-order valence-electron chi connectivity index (χ4n) is 1.56. The van der Waals surface area contributed by atoms with Gasteiger partial charge in [0.15, 0.2) is 0 Å². The Labute approximate surface area is 116 Å². The Bertz CT molecular complexity index is 695. The minimum atomic E-state index is -3.63. The van der Waals surface area contributed by atoms with Gasteiger partial charge in [-0.1, -0.05) is 17.7 Å². The van der Waals surface area contributed by atoms with Crippen LogP contribution in [0.25, 0.3) is 0 Å². The molecule has 7 heteroatoms. The third-order valence-corrected chi connectivity index (χ3v) is 4.44. The number of benzene rings is 1. The van der Waals surface area contributed by atoms with Crippen LogP contribution in [0, 0.1) is 6.92 Å². The number of rotatable bonds is 4. The normalized spacial score (nSPS) is 11.5. The van der Waals surface area contributed by atoms with Gasteiger partial charge in [0.05, 0.1) is 5.69 Å². The van der Waals surface area contributed by atoms with Crippen molar-refractivity contribution in [1.29, 1.82) is 0 Å². The first-order valence-corrected chi connectivity index (χ1v) is 7.45. The summed E-state index contributed by atoms with van der Waals surface area (Å²) in [7, 11) is -3.63. The van der Waals surface area contributed by atoms with Crippen molar-refractivity contribution in [2.45, 2.75) is 18.4 Å². The molecule has 0 aliphatic rings. The minimum Gasteiger partial charge on any atom is -0.363 e. The van der Waals surface area contributed by atoms with E-state index in [0.29, 0.717) is 16.4 Å². The largest absolute Gasteiger partial charge is 0.363 e. The number of halogens is 1. The Balaban J connectivity index is 2.28. The molecule has 0 amide bonds. The maximum absolute atomic E-state index is 12.1. The minimum absolute atomic E-state index is 0.143. The number of anilines is 1. The second kappa shape index (κ2) is 5.24. The predicted molar refractivity (Wildman–Crippen MR) is 75.7 cm³/mol. The van der Waals surface area contributed by atoms with Gasteiger partial charge in [0.1, 0.15) is 4.90 Å². The predicted octanol–water partition coefficient (Wildman–Crippen LogP) is 2.24. The monoisotopic (exact) mass is 299 g/mol. The van der Waals surface area contributed by atoms with Gasteiger partial charge < -0.3 is 10.7 Å². The van der Waals surface area contributed by atoms with Crippen molar-refractivity contribution >= 4 is 27.3 Å². The summed E-state index contributed by atoms with van der Waals surface area (Å²) >= 11 is 5.96. The molecule has 102 valence electrons.